The number of phenols is 1. The Morgan fingerprint density at radius 1 is 1.00 bits per heavy atom. The average molecular weight is 398 g/mol. The summed E-state index contributed by atoms with van der Waals surface area (Å²) in [7, 11) is 0. The number of oxime groups is 1. The first-order valence-electron chi connectivity index (χ1n) is 9.69. The summed E-state index contributed by atoms with van der Waals surface area (Å²) in [6.45, 7) is 0. The molecule has 2 aliphatic rings. The largest absolute Gasteiger partial charge is 0.508 e. The molecule has 2 N–H and O–H groups in total. The average Bonchev–Trinajstić information content (AvgIpc) is 3.33. The number of nitrogens with one attached hydrogen (secondary N) is 1. The van der Waals surface area contributed by atoms with Crippen LogP contribution in [0.4, 0.5) is 5.69 Å². The van der Waals surface area contributed by atoms with Gasteiger partial charge in [-0.05, 0) is 47.0 Å². The first kappa shape index (κ1) is 18.1. The third kappa shape index (κ3) is 3.12. The molecule has 0 radical (unpaired) electrons. The normalized spacial score (nSPS) is 16.5. The van der Waals surface area contributed by atoms with Gasteiger partial charge in [-0.15, -0.1) is 0 Å². The lowest BCUT2D eigenvalue weighted by molar-refractivity contribution is -0.118. The van der Waals surface area contributed by atoms with Crippen molar-refractivity contribution in [2.75, 3.05) is 5.32 Å². The van der Waals surface area contributed by atoms with Gasteiger partial charge in [0.25, 0.3) is 0 Å². The smallest absolute Gasteiger partial charge is 0.228 e. The zero-order valence-electron chi connectivity index (χ0n) is 16.0. The van der Waals surface area contributed by atoms with Crippen molar-refractivity contribution in [3.05, 3.63) is 83.4 Å². The number of aromatic hydroxyl groups is 1. The molecule has 1 aliphatic heterocycles. The number of nitrogens with zero attached hydrogens (tertiary/aromatic N) is 1. The quantitative estimate of drug-likeness (QED) is 0.541. The van der Waals surface area contributed by atoms with Crippen molar-refractivity contribution in [2.45, 2.75) is 18.9 Å². The molecule has 1 unspecified atom stereocenters. The number of benzene rings is 3. The van der Waals surface area contributed by atoms with Gasteiger partial charge in [0.1, 0.15) is 11.9 Å². The van der Waals surface area contributed by atoms with E-state index < -0.39 is 0 Å². The van der Waals surface area contributed by atoms with Gasteiger partial charge in [-0.1, -0.05) is 41.6 Å². The summed E-state index contributed by atoms with van der Waals surface area (Å²) in [5.41, 5.74) is 5.00. The predicted molar refractivity (Wildman–Crippen MR) is 113 cm³/mol. The lowest BCUT2D eigenvalue weighted by Crippen LogP contribution is -2.21. The number of anilines is 1. The van der Waals surface area contributed by atoms with Crippen molar-refractivity contribution in [3.8, 4) is 16.9 Å². The number of phenolic OH excluding ortho intramolecular Hbond substituents is 1. The van der Waals surface area contributed by atoms with Crippen LogP contribution in [-0.4, -0.2) is 28.6 Å². The number of hydrogen-bond donors (Lipinski definition) is 2. The SMILES string of the molecule is O=C(CC1CC(c2ccc(O)cc2)=NO1)Nc1cccc2c1C(=O)c1ccccc1-2. The van der Waals surface area contributed by atoms with Crippen molar-refractivity contribution in [1.29, 1.82) is 0 Å². The standard InChI is InChI=1S/C24H18N2O4/c27-15-10-8-14(9-11-15)21-12-16(30-26-21)13-22(28)25-20-7-3-6-18-17-4-1-2-5-19(17)24(29)23(18)20/h1-11,16,27H,12-13H2,(H,25,28). The van der Waals surface area contributed by atoms with Crippen LogP contribution in [0.2, 0.25) is 0 Å². The number of rotatable bonds is 4. The fourth-order valence-corrected chi connectivity index (χ4v) is 3.95. The fraction of sp³-hybridized carbons (Fsp3) is 0.125. The topological polar surface area (TPSA) is 88.0 Å². The van der Waals surface area contributed by atoms with Gasteiger partial charge in [0.2, 0.25) is 5.91 Å². The Hall–Kier alpha value is -3.93. The number of amides is 1. The lowest BCUT2D eigenvalue weighted by atomic mass is 10.0. The molecule has 1 atom stereocenters. The van der Waals surface area contributed by atoms with Crippen LogP contribution < -0.4 is 5.32 Å². The molecule has 1 aliphatic carbocycles. The highest BCUT2D eigenvalue weighted by Gasteiger charge is 2.30. The van der Waals surface area contributed by atoms with Crippen molar-refractivity contribution < 1.29 is 19.5 Å². The van der Waals surface area contributed by atoms with Crippen LogP contribution in [0, 0.1) is 0 Å². The summed E-state index contributed by atoms with van der Waals surface area (Å²) in [4.78, 5) is 30.9. The van der Waals surface area contributed by atoms with Crippen LogP contribution in [-0.2, 0) is 9.63 Å². The van der Waals surface area contributed by atoms with Gasteiger partial charge in [0.05, 0.1) is 23.4 Å². The van der Waals surface area contributed by atoms with Crippen molar-refractivity contribution in [1.82, 2.24) is 0 Å². The van der Waals surface area contributed by atoms with E-state index in [0.29, 0.717) is 23.2 Å². The number of carbonyl (C=O) groups is 2. The van der Waals surface area contributed by atoms with Crippen molar-refractivity contribution >= 4 is 23.1 Å². The van der Waals surface area contributed by atoms with Gasteiger partial charge in [-0.3, -0.25) is 9.59 Å². The number of fused-ring (bicyclic) bond motifs is 3. The van der Waals surface area contributed by atoms with Gasteiger partial charge in [-0.25, -0.2) is 0 Å². The van der Waals surface area contributed by atoms with E-state index in [4.69, 9.17) is 4.84 Å². The number of ketones is 1. The van der Waals surface area contributed by atoms with Crippen LogP contribution in [0.25, 0.3) is 11.1 Å². The second kappa shape index (κ2) is 7.15. The molecule has 5 rings (SSSR count). The Morgan fingerprint density at radius 2 is 1.73 bits per heavy atom. The maximum Gasteiger partial charge on any atom is 0.228 e. The highest BCUT2D eigenvalue weighted by Crippen LogP contribution is 2.40. The number of hydrogen-bond acceptors (Lipinski definition) is 5. The van der Waals surface area contributed by atoms with E-state index in [-0.39, 0.29) is 30.0 Å². The van der Waals surface area contributed by atoms with E-state index in [9.17, 15) is 14.7 Å². The van der Waals surface area contributed by atoms with Gasteiger partial charge in [0, 0.05) is 12.0 Å². The second-order valence-electron chi connectivity index (χ2n) is 7.37. The molecular weight excluding hydrogens is 380 g/mol. The molecule has 0 saturated carbocycles. The Labute approximate surface area is 172 Å². The van der Waals surface area contributed by atoms with Crippen LogP contribution in [0.15, 0.2) is 71.9 Å². The first-order chi connectivity index (χ1) is 14.6. The molecular formula is C24H18N2O4. The summed E-state index contributed by atoms with van der Waals surface area (Å²) in [5, 5.41) is 16.4. The lowest BCUT2D eigenvalue weighted by Gasteiger charge is -2.12. The van der Waals surface area contributed by atoms with Gasteiger partial charge in [-0.2, -0.15) is 0 Å². The molecule has 0 aromatic heterocycles. The molecule has 1 amide bonds. The van der Waals surface area contributed by atoms with Crippen LogP contribution in [0.5, 0.6) is 5.75 Å². The Balaban J connectivity index is 1.28. The molecule has 6 nitrogen and oxygen atoms in total. The zero-order chi connectivity index (χ0) is 20.7. The summed E-state index contributed by atoms with van der Waals surface area (Å²) in [5.74, 6) is -0.132. The fourth-order valence-electron chi connectivity index (χ4n) is 3.95. The third-order valence-electron chi connectivity index (χ3n) is 5.37. The molecule has 0 fully saturated rings. The molecule has 0 saturated heterocycles. The molecule has 148 valence electrons. The Morgan fingerprint density at radius 3 is 2.53 bits per heavy atom. The Bertz CT molecular complexity index is 1200. The van der Waals surface area contributed by atoms with Gasteiger partial charge >= 0.3 is 0 Å². The summed E-state index contributed by atoms with van der Waals surface area (Å²) in [6, 6.07) is 19.6. The van der Waals surface area contributed by atoms with Gasteiger partial charge < -0.3 is 15.3 Å². The molecule has 6 heteroatoms. The van der Waals surface area contributed by atoms with E-state index in [1.54, 1.807) is 36.4 Å². The molecule has 0 spiro atoms. The molecule has 3 aromatic rings. The Kier molecular flexibility index (Phi) is 4.32. The highest BCUT2D eigenvalue weighted by molar-refractivity contribution is 6.25. The van der Waals surface area contributed by atoms with E-state index in [1.165, 1.54) is 0 Å². The minimum Gasteiger partial charge on any atom is -0.508 e. The highest BCUT2D eigenvalue weighted by atomic mass is 16.6. The third-order valence-corrected chi connectivity index (χ3v) is 5.37. The van der Waals surface area contributed by atoms with Crippen LogP contribution in [0.3, 0.4) is 0 Å². The van der Waals surface area contributed by atoms with Crippen molar-refractivity contribution in [2.24, 2.45) is 5.16 Å². The minimum atomic E-state index is -0.376. The van der Waals surface area contributed by atoms with E-state index in [2.05, 4.69) is 10.5 Å². The van der Waals surface area contributed by atoms with E-state index in [0.717, 1.165) is 22.4 Å². The maximum atomic E-state index is 12.8. The first-order valence-corrected chi connectivity index (χ1v) is 9.69. The minimum absolute atomic E-state index is 0.0773. The zero-order valence-corrected chi connectivity index (χ0v) is 16.0. The summed E-state index contributed by atoms with van der Waals surface area (Å²) >= 11 is 0. The van der Waals surface area contributed by atoms with Crippen LogP contribution in [0.1, 0.15) is 34.3 Å². The summed E-state index contributed by atoms with van der Waals surface area (Å²) in [6.07, 6.45) is 0.240. The molecule has 3 aromatic carbocycles. The van der Waals surface area contributed by atoms with Crippen LogP contribution >= 0.6 is 0 Å². The molecule has 1 heterocycles. The van der Waals surface area contributed by atoms with Gasteiger partial charge in [0.15, 0.2) is 5.78 Å². The van der Waals surface area contributed by atoms with E-state index >= 15 is 0 Å². The number of carbonyl (C=O) groups excluding carboxylic acids is 2. The van der Waals surface area contributed by atoms with E-state index in [1.807, 2.05) is 30.3 Å². The monoisotopic (exact) mass is 398 g/mol. The predicted octanol–water partition coefficient (Wildman–Crippen LogP) is 4.13. The second-order valence-corrected chi connectivity index (χ2v) is 7.37. The summed E-state index contributed by atoms with van der Waals surface area (Å²) < 4.78 is 0. The maximum absolute atomic E-state index is 12.8. The van der Waals surface area contributed by atoms with Crippen molar-refractivity contribution in [3.63, 3.8) is 0 Å². The molecule has 30 heavy (non-hydrogen) atoms. The molecule has 0 bridgehead atoms.